The average Bonchev–Trinajstić information content (AvgIpc) is 3.60. The summed E-state index contributed by atoms with van der Waals surface area (Å²) in [6, 6.07) is 13.7. The van der Waals surface area contributed by atoms with E-state index in [1.807, 2.05) is 6.92 Å². The molecule has 4 fully saturated rings. The number of carbonyl (C=O) groups is 4. The van der Waals surface area contributed by atoms with E-state index in [0.29, 0.717) is 35.6 Å². The number of hydrogen-bond donors (Lipinski definition) is 0. The van der Waals surface area contributed by atoms with Crippen molar-refractivity contribution in [2.75, 3.05) is 23.0 Å². The Hall–Kier alpha value is -3.94. The van der Waals surface area contributed by atoms with Crippen molar-refractivity contribution in [2.45, 2.75) is 19.8 Å². The van der Waals surface area contributed by atoms with Gasteiger partial charge in [0.1, 0.15) is 11.5 Å². The number of benzene rings is 2. The van der Waals surface area contributed by atoms with Gasteiger partial charge in [-0.15, -0.1) is 0 Å². The number of amides is 3. The Morgan fingerprint density at radius 2 is 1.42 bits per heavy atom. The second-order valence-electron chi connectivity index (χ2n) is 10.9. The van der Waals surface area contributed by atoms with Crippen LogP contribution in [0.25, 0.3) is 0 Å². The van der Waals surface area contributed by atoms with Crippen molar-refractivity contribution in [3.8, 4) is 11.5 Å². The van der Waals surface area contributed by atoms with Crippen molar-refractivity contribution < 1.29 is 28.7 Å². The molecule has 8 rings (SSSR count). The zero-order valence-electron chi connectivity index (χ0n) is 21.0. The lowest BCUT2D eigenvalue weighted by atomic mass is 9.63. The molecule has 2 aromatic carbocycles. The molecule has 194 valence electrons. The van der Waals surface area contributed by atoms with Gasteiger partial charge in [-0.05, 0) is 85.5 Å². The lowest BCUT2D eigenvalue weighted by molar-refractivity contribution is -0.139. The fourth-order valence-electron chi connectivity index (χ4n) is 7.08. The zero-order valence-corrected chi connectivity index (χ0v) is 21.0. The molecule has 0 unspecified atom stereocenters. The van der Waals surface area contributed by atoms with Gasteiger partial charge in [0.15, 0.2) is 0 Å². The fraction of sp³-hybridized carbons (Fsp3) is 0.400. The molecule has 2 saturated heterocycles. The molecule has 2 aromatic rings. The van der Waals surface area contributed by atoms with Crippen LogP contribution in [0.1, 0.15) is 19.8 Å². The highest BCUT2D eigenvalue weighted by Gasteiger charge is 2.67. The second kappa shape index (κ2) is 8.55. The molecule has 7 atom stereocenters. The topological polar surface area (TPSA) is 93.2 Å². The SMILES string of the molecule is CCOc1ccc(N2C[C@@H](C(=O)Oc3ccc(N4C(=O)[C@H]5[C@@H]6C=C[C@H]([C@H]7C[C@H]67)[C@@H]5C4=O)cc3)CC2=O)cc1. The minimum atomic E-state index is -0.590. The lowest BCUT2D eigenvalue weighted by Gasteiger charge is -2.37. The smallest absolute Gasteiger partial charge is 0.316 e. The highest BCUT2D eigenvalue weighted by molar-refractivity contribution is 6.22. The quantitative estimate of drug-likeness (QED) is 0.254. The first-order valence-electron chi connectivity index (χ1n) is 13.4. The molecular weight excluding hydrogens is 484 g/mol. The number of nitrogens with zero attached hydrogens (tertiary/aromatic N) is 2. The van der Waals surface area contributed by atoms with E-state index >= 15 is 0 Å². The molecule has 8 heteroatoms. The number of rotatable bonds is 6. The molecule has 0 spiro atoms. The maximum absolute atomic E-state index is 13.3. The molecule has 8 nitrogen and oxygen atoms in total. The summed E-state index contributed by atoms with van der Waals surface area (Å²) in [5, 5.41) is 0. The molecule has 2 bridgehead atoms. The van der Waals surface area contributed by atoms with Gasteiger partial charge in [-0.3, -0.25) is 24.1 Å². The van der Waals surface area contributed by atoms with Crippen molar-refractivity contribution in [3.05, 3.63) is 60.7 Å². The van der Waals surface area contributed by atoms with Crippen molar-refractivity contribution in [3.63, 3.8) is 0 Å². The summed E-state index contributed by atoms with van der Waals surface area (Å²) in [7, 11) is 0. The number of allylic oxidation sites excluding steroid dienone is 2. The Kier molecular flexibility index (Phi) is 5.22. The van der Waals surface area contributed by atoms with Gasteiger partial charge in [-0.1, -0.05) is 12.2 Å². The Bertz CT molecular complexity index is 1330. The fourth-order valence-corrected chi connectivity index (χ4v) is 7.08. The first kappa shape index (κ1) is 23.2. The van der Waals surface area contributed by atoms with Crippen LogP contribution in [-0.4, -0.2) is 36.8 Å². The minimum Gasteiger partial charge on any atom is -0.494 e. The van der Waals surface area contributed by atoms with Crippen molar-refractivity contribution >= 4 is 35.1 Å². The van der Waals surface area contributed by atoms with Crippen molar-refractivity contribution in [1.82, 2.24) is 0 Å². The monoisotopic (exact) mass is 512 g/mol. The Morgan fingerprint density at radius 3 is 2.03 bits per heavy atom. The van der Waals surface area contributed by atoms with Crippen molar-refractivity contribution in [1.29, 1.82) is 0 Å². The number of esters is 1. The van der Waals surface area contributed by atoms with Crippen LogP contribution in [0.3, 0.4) is 0 Å². The molecule has 0 radical (unpaired) electrons. The Morgan fingerprint density at radius 1 is 0.842 bits per heavy atom. The summed E-state index contributed by atoms with van der Waals surface area (Å²) in [6.07, 6.45) is 5.51. The summed E-state index contributed by atoms with van der Waals surface area (Å²) in [5.74, 6) is 0.532. The summed E-state index contributed by atoms with van der Waals surface area (Å²) < 4.78 is 11.0. The van der Waals surface area contributed by atoms with Crippen LogP contribution < -0.4 is 19.3 Å². The molecule has 2 aliphatic heterocycles. The van der Waals surface area contributed by atoms with Crippen LogP contribution in [0.15, 0.2) is 60.7 Å². The zero-order chi connectivity index (χ0) is 26.1. The van der Waals surface area contributed by atoms with Gasteiger partial charge in [0, 0.05) is 18.7 Å². The molecule has 2 saturated carbocycles. The van der Waals surface area contributed by atoms with E-state index in [9.17, 15) is 19.2 Å². The van der Waals surface area contributed by atoms with Gasteiger partial charge in [-0.2, -0.15) is 0 Å². The molecule has 38 heavy (non-hydrogen) atoms. The first-order chi connectivity index (χ1) is 18.4. The lowest BCUT2D eigenvalue weighted by Crippen LogP contribution is -2.40. The number of ether oxygens (including phenoxy) is 2. The van der Waals surface area contributed by atoms with Crippen molar-refractivity contribution in [2.24, 2.45) is 41.4 Å². The molecule has 3 amide bonds. The van der Waals surface area contributed by atoms with Crippen LogP contribution >= 0.6 is 0 Å². The van der Waals surface area contributed by atoms with Crippen LogP contribution in [0.2, 0.25) is 0 Å². The largest absolute Gasteiger partial charge is 0.494 e. The summed E-state index contributed by atoms with van der Waals surface area (Å²) in [4.78, 5) is 55.0. The Labute approximate surface area is 220 Å². The van der Waals surface area contributed by atoms with E-state index in [2.05, 4.69) is 12.2 Å². The second-order valence-corrected chi connectivity index (χ2v) is 10.9. The van der Waals surface area contributed by atoms with E-state index in [1.165, 1.54) is 4.90 Å². The number of hydrogen-bond acceptors (Lipinski definition) is 6. The van der Waals surface area contributed by atoms with E-state index in [1.54, 1.807) is 53.4 Å². The van der Waals surface area contributed by atoms with Gasteiger partial charge in [0.05, 0.1) is 30.0 Å². The molecular formula is C30H28N2O6. The maximum Gasteiger partial charge on any atom is 0.316 e. The molecule has 6 aliphatic rings. The van der Waals surface area contributed by atoms with E-state index in [-0.39, 0.29) is 54.4 Å². The van der Waals surface area contributed by atoms with Crippen LogP contribution in [0, 0.1) is 41.4 Å². The molecule has 4 aliphatic carbocycles. The van der Waals surface area contributed by atoms with Crippen LogP contribution in [0.4, 0.5) is 11.4 Å². The number of imide groups is 1. The van der Waals surface area contributed by atoms with Gasteiger partial charge in [-0.25, -0.2) is 0 Å². The minimum absolute atomic E-state index is 0.0715. The molecule has 0 aromatic heterocycles. The Balaban J connectivity index is 1.01. The number of carbonyl (C=O) groups excluding carboxylic acids is 4. The summed E-state index contributed by atoms with van der Waals surface area (Å²) in [5.41, 5.74) is 1.21. The third kappa shape index (κ3) is 3.50. The molecule has 2 heterocycles. The van der Waals surface area contributed by atoms with Crippen LogP contribution in [0.5, 0.6) is 11.5 Å². The average molecular weight is 513 g/mol. The third-order valence-corrected chi connectivity index (χ3v) is 8.89. The van der Waals surface area contributed by atoms with Gasteiger partial charge < -0.3 is 14.4 Å². The van der Waals surface area contributed by atoms with Gasteiger partial charge in [0.2, 0.25) is 17.7 Å². The van der Waals surface area contributed by atoms with Crippen LogP contribution in [-0.2, 0) is 19.2 Å². The summed E-state index contributed by atoms with van der Waals surface area (Å²) in [6.45, 7) is 2.70. The molecule has 0 N–H and O–H groups in total. The normalized spacial score (nSPS) is 32.4. The predicted octanol–water partition coefficient (Wildman–Crippen LogP) is 3.60. The highest BCUT2D eigenvalue weighted by atomic mass is 16.5. The predicted molar refractivity (Wildman–Crippen MR) is 137 cm³/mol. The van der Waals surface area contributed by atoms with Gasteiger partial charge in [0.25, 0.3) is 0 Å². The highest BCUT2D eigenvalue weighted by Crippen LogP contribution is 2.65. The summed E-state index contributed by atoms with van der Waals surface area (Å²) >= 11 is 0. The first-order valence-corrected chi connectivity index (χ1v) is 13.4. The van der Waals surface area contributed by atoms with E-state index < -0.39 is 11.9 Å². The standard InChI is InChI=1S/C30H28N2O6/c1-2-37-19-7-3-17(4-8-19)31-15-16(13-25(31)33)30(36)38-20-9-5-18(6-10-20)32-28(34)26-21-11-12-22(24-14-23(21)24)27(26)29(32)35/h3-12,16,21-24,26-27H,2,13-15H2,1H3/t16-,21+,22+,23+,24+,26-,27-/m0/s1. The third-order valence-electron chi connectivity index (χ3n) is 8.89. The van der Waals surface area contributed by atoms with E-state index in [0.717, 1.165) is 12.2 Å². The maximum atomic E-state index is 13.3. The number of anilines is 2. The van der Waals surface area contributed by atoms with Gasteiger partial charge >= 0.3 is 5.97 Å². The van der Waals surface area contributed by atoms with E-state index in [4.69, 9.17) is 9.47 Å².